The van der Waals surface area contributed by atoms with E-state index < -0.39 is 28.8 Å². The molecule has 0 unspecified atom stereocenters. The summed E-state index contributed by atoms with van der Waals surface area (Å²) in [5, 5.41) is 24.5. The van der Waals surface area contributed by atoms with Gasteiger partial charge in [0.2, 0.25) is 0 Å². The quantitative estimate of drug-likeness (QED) is 0.173. The van der Waals surface area contributed by atoms with E-state index in [9.17, 15) is 10.0 Å². The molecule has 0 radical (unpaired) electrons. The van der Waals surface area contributed by atoms with E-state index in [1.54, 1.807) is 6.07 Å². The van der Waals surface area contributed by atoms with Crippen molar-refractivity contribution in [1.29, 1.82) is 0 Å². The molecule has 0 fully saturated rings. The van der Waals surface area contributed by atoms with Gasteiger partial charge >= 0.3 is 7.12 Å². The summed E-state index contributed by atoms with van der Waals surface area (Å²) < 4.78 is 4.59. The van der Waals surface area contributed by atoms with Gasteiger partial charge in [-0.05, 0) is 205 Å². The second-order valence-electron chi connectivity index (χ2n) is 32.1. The molecule has 2 N–H and O–H groups in total. The molecular weight excluding hydrogens is 1450 g/mol. The van der Waals surface area contributed by atoms with Gasteiger partial charge in [0, 0.05) is 37.9 Å². The average Bonchev–Trinajstić information content (AvgIpc) is 1.44. The van der Waals surface area contributed by atoms with Crippen LogP contribution in [0.3, 0.4) is 0 Å². The Balaban J connectivity index is 0.000000112. The summed E-state index contributed by atoms with van der Waals surface area (Å²) in [4.78, 5) is 0. The van der Waals surface area contributed by atoms with E-state index in [-0.39, 0.29) is 0 Å². The van der Waals surface area contributed by atoms with Crippen LogP contribution in [0.5, 0.6) is 0 Å². The van der Waals surface area contributed by atoms with Crippen molar-refractivity contribution in [3.05, 3.63) is 519 Å². The highest BCUT2D eigenvalue weighted by molar-refractivity contribution is 6.59. The summed E-state index contributed by atoms with van der Waals surface area (Å²) in [7, 11) is -1.47. The molecule has 0 bridgehead atoms. The fourth-order valence-electron chi connectivity index (χ4n) is 22.8. The fraction of sp³-hybridized carbons (Fsp3) is 0.0357. The van der Waals surface area contributed by atoms with Crippen LogP contribution in [0.2, 0.25) is 5.02 Å². The minimum atomic E-state index is -1.47. The monoisotopic (exact) mass is 1520 g/mol. The van der Waals surface area contributed by atoms with Gasteiger partial charge in [-0.1, -0.05) is 382 Å². The lowest BCUT2D eigenvalue weighted by atomic mass is 9.51. The van der Waals surface area contributed by atoms with Crippen molar-refractivity contribution in [3.8, 4) is 67.0 Å². The van der Waals surface area contributed by atoms with Crippen LogP contribution in [-0.2, 0) is 21.7 Å². The molecule has 6 aliphatic rings. The zero-order valence-corrected chi connectivity index (χ0v) is 64.9. The zero-order chi connectivity index (χ0) is 78.2. The number of fused-ring (bicyclic) bond motifs is 38. The topological polar surface area (TPSA) is 50.3 Å². The van der Waals surface area contributed by atoms with Crippen LogP contribution in [0.15, 0.2) is 425 Å². The zero-order valence-electron chi connectivity index (χ0n) is 64.2. The van der Waals surface area contributed by atoms with Gasteiger partial charge in [0.05, 0.1) is 43.7 Å². The van der Waals surface area contributed by atoms with Crippen LogP contribution >= 0.6 is 11.6 Å². The largest absolute Gasteiger partial charge is 0.488 e. The SMILES string of the molecule is Clc1cccc2c1C1(c3ccccc3-c3ccccc31)c1ccccc1C21c2ccccc2-c2ccccc21.OB(O)c1ccc2c3ccccc3n(-c3ccccc3)c2c1.c1ccc(-n2c3ccccc3c3ccc(-c4cccc5c4C4(c6ccccc6-c6ccccc64)c4ccccc4C54c5ccccc5-c5ccccc54)cc32)cc1. The van der Waals surface area contributed by atoms with Crippen LogP contribution in [-0.4, -0.2) is 26.3 Å². The van der Waals surface area contributed by atoms with E-state index in [0.717, 1.165) is 38.2 Å². The van der Waals surface area contributed by atoms with E-state index in [0.29, 0.717) is 5.46 Å². The molecule has 2 heterocycles. The number of benzene rings is 18. The second kappa shape index (κ2) is 25.9. The standard InChI is InChI=1S/C56H35N.C38H23Cl.C18H14BNO2/c1-2-17-37(18-3-1)57-52-32-15-8-23-43(52)44-34-33-36(35-53(44)57)38-24-16-31-51-54(38)56(47-27-11-6-21-41(47)42-22-7-12-28-48(42)56)50-30-14-13-29-49(50)55(51)45-25-9-4-19-39(45)40-20-5-10-26-46(40)55;39-35-23-11-22-34-36(35)38(30-18-7-3-14-26(30)27-15-4-8-19-31(27)38)33-21-10-9-20-32(33)37(34)28-16-5-1-12-24(28)25-13-2-6-17-29(25)37;21-19(22)13-10-11-16-15-8-4-5-9-17(15)20(18(16)12-13)14-6-2-1-3-7-14/h1-35H;1-23H;1-12,21-22H. The highest BCUT2D eigenvalue weighted by atomic mass is 35.5. The summed E-state index contributed by atoms with van der Waals surface area (Å²) in [5.41, 5.74) is 39.3. The van der Waals surface area contributed by atoms with Crippen LogP contribution < -0.4 is 5.46 Å². The van der Waals surface area contributed by atoms with Crippen molar-refractivity contribution in [2.75, 3.05) is 0 Å². The molecule has 4 spiro atoms. The Morgan fingerprint density at radius 3 is 0.864 bits per heavy atom. The minimum Gasteiger partial charge on any atom is -0.423 e. The van der Waals surface area contributed by atoms with Gasteiger partial charge in [0.1, 0.15) is 0 Å². The van der Waals surface area contributed by atoms with Crippen molar-refractivity contribution >= 4 is 67.8 Å². The maximum absolute atomic E-state index is 9.47. The fourth-order valence-corrected chi connectivity index (χ4v) is 23.1. The van der Waals surface area contributed by atoms with Crippen molar-refractivity contribution in [1.82, 2.24) is 9.13 Å². The van der Waals surface area contributed by atoms with Crippen molar-refractivity contribution in [2.45, 2.75) is 21.7 Å². The molecule has 6 aliphatic carbocycles. The van der Waals surface area contributed by atoms with Crippen molar-refractivity contribution in [3.63, 3.8) is 0 Å². The number of para-hydroxylation sites is 4. The number of rotatable bonds is 4. The molecule has 6 heteroatoms. The highest BCUT2D eigenvalue weighted by Gasteiger charge is 2.62. The molecule has 20 aromatic rings. The van der Waals surface area contributed by atoms with Crippen molar-refractivity contribution in [2.24, 2.45) is 0 Å². The predicted octanol–water partition coefficient (Wildman–Crippen LogP) is 25.3. The van der Waals surface area contributed by atoms with E-state index in [1.807, 2.05) is 54.6 Å². The molecule has 0 aliphatic heterocycles. The lowest BCUT2D eigenvalue weighted by Gasteiger charge is -2.49. The first-order valence-corrected chi connectivity index (χ1v) is 41.2. The third-order valence-corrected chi connectivity index (χ3v) is 27.2. The first-order chi connectivity index (χ1) is 58.3. The smallest absolute Gasteiger partial charge is 0.423 e. The lowest BCUT2D eigenvalue weighted by molar-refractivity contribution is 0.426. The highest BCUT2D eigenvalue weighted by Crippen LogP contribution is 2.71. The minimum absolute atomic E-state index is 0.457. The summed E-state index contributed by atoms with van der Waals surface area (Å²) in [6.07, 6.45) is 0. The Hall–Kier alpha value is -14.2. The molecule has 0 saturated heterocycles. The van der Waals surface area contributed by atoms with E-state index in [1.165, 1.54) is 166 Å². The number of halogens is 1. The Bertz CT molecular complexity index is 7410. The van der Waals surface area contributed by atoms with Gasteiger partial charge in [-0.25, -0.2) is 0 Å². The Labute approximate surface area is 689 Å². The van der Waals surface area contributed by atoms with Gasteiger partial charge in [-0.3, -0.25) is 0 Å². The Morgan fingerprint density at radius 2 is 0.475 bits per heavy atom. The summed E-state index contributed by atoms with van der Waals surface area (Å²) in [6.45, 7) is 0. The maximum atomic E-state index is 9.47. The van der Waals surface area contributed by atoms with Crippen LogP contribution in [0.1, 0.15) is 89.0 Å². The third-order valence-electron chi connectivity index (χ3n) is 26.9. The predicted molar refractivity (Wildman–Crippen MR) is 485 cm³/mol. The molecule has 0 atom stereocenters. The van der Waals surface area contributed by atoms with Gasteiger partial charge in [0.15, 0.2) is 0 Å². The molecular formula is C112H72BClN2O2. The summed E-state index contributed by atoms with van der Waals surface area (Å²) >= 11 is 7.43. The van der Waals surface area contributed by atoms with Gasteiger partial charge in [-0.15, -0.1) is 0 Å². The molecule has 552 valence electrons. The number of hydrogen-bond donors (Lipinski definition) is 2. The molecule has 2 aromatic heterocycles. The second-order valence-corrected chi connectivity index (χ2v) is 32.5. The molecule has 118 heavy (non-hydrogen) atoms. The van der Waals surface area contributed by atoms with E-state index in [2.05, 4.69) is 373 Å². The molecule has 18 aromatic carbocycles. The molecule has 26 rings (SSSR count). The van der Waals surface area contributed by atoms with Crippen LogP contribution in [0, 0.1) is 0 Å². The normalized spacial score (nSPS) is 14.3. The van der Waals surface area contributed by atoms with Gasteiger partial charge < -0.3 is 19.2 Å². The molecule has 4 nitrogen and oxygen atoms in total. The molecule has 0 amide bonds. The Morgan fingerprint density at radius 1 is 0.203 bits per heavy atom. The van der Waals surface area contributed by atoms with E-state index in [4.69, 9.17) is 11.6 Å². The third kappa shape index (κ3) is 8.97. The van der Waals surface area contributed by atoms with Crippen molar-refractivity contribution < 1.29 is 10.0 Å². The van der Waals surface area contributed by atoms with Gasteiger partial charge in [-0.2, -0.15) is 0 Å². The van der Waals surface area contributed by atoms with Gasteiger partial charge in [0.25, 0.3) is 0 Å². The van der Waals surface area contributed by atoms with Crippen LogP contribution in [0.25, 0.3) is 111 Å². The first kappa shape index (κ1) is 68.3. The van der Waals surface area contributed by atoms with Crippen LogP contribution in [0.4, 0.5) is 0 Å². The number of nitrogens with zero attached hydrogens (tertiary/aromatic N) is 2. The lowest BCUT2D eigenvalue weighted by Crippen LogP contribution is -2.44. The van der Waals surface area contributed by atoms with E-state index >= 15 is 0 Å². The first-order valence-electron chi connectivity index (χ1n) is 40.8. The molecule has 0 saturated carbocycles. The summed E-state index contributed by atoms with van der Waals surface area (Å²) in [5.74, 6) is 0. The average molecular weight is 1520 g/mol. The maximum Gasteiger partial charge on any atom is 0.488 e. The summed E-state index contributed by atoms with van der Waals surface area (Å²) in [6, 6.07) is 155. The Kier molecular flexibility index (Phi) is 15.0. The number of hydrogen-bond acceptors (Lipinski definition) is 2. The number of aromatic nitrogens is 2.